The Kier molecular flexibility index (Phi) is 10.3. The highest BCUT2D eigenvalue weighted by atomic mass is 127. The number of thiazole rings is 1. The molecule has 27 heavy (non-hydrogen) atoms. The highest BCUT2D eigenvalue weighted by Gasteiger charge is 2.21. The molecule has 1 aliphatic heterocycles. The summed E-state index contributed by atoms with van der Waals surface area (Å²) >= 11 is 1.64. The molecule has 1 fully saturated rings. The second-order valence-electron chi connectivity index (χ2n) is 6.90. The number of nitrogens with one attached hydrogen (secondary N) is 2. The van der Waals surface area contributed by atoms with Gasteiger partial charge in [0.15, 0.2) is 11.1 Å². The van der Waals surface area contributed by atoms with E-state index in [9.17, 15) is 4.79 Å². The van der Waals surface area contributed by atoms with Crippen molar-refractivity contribution in [2.75, 3.05) is 58.8 Å². The van der Waals surface area contributed by atoms with Gasteiger partial charge in [-0.15, -0.1) is 35.3 Å². The average Bonchev–Trinajstić information content (AvgIpc) is 3.05. The normalized spacial score (nSPS) is 15.5. The van der Waals surface area contributed by atoms with Gasteiger partial charge >= 0.3 is 0 Å². The Morgan fingerprint density at radius 2 is 2.00 bits per heavy atom. The molecule has 0 unspecified atom stereocenters. The maximum atomic E-state index is 11.9. The first-order chi connectivity index (χ1) is 12.4. The van der Waals surface area contributed by atoms with Crippen molar-refractivity contribution in [3.63, 3.8) is 0 Å². The zero-order valence-corrected chi connectivity index (χ0v) is 20.0. The van der Waals surface area contributed by atoms with E-state index in [4.69, 9.17) is 0 Å². The largest absolute Gasteiger partial charge is 0.354 e. The number of hydrogen-bond acceptors (Lipinski definition) is 6. The molecule has 2 N–H and O–H groups in total. The van der Waals surface area contributed by atoms with Gasteiger partial charge in [-0.2, -0.15) is 0 Å². The summed E-state index contributed by atoms with van der Waals surface area (Å²) < 4.78 is 0. The summed E-state index contributed by atoms with van der Waals surface area (Å²) in [7, 11) is 5.79. The Morgan fingerprint density at radius 1 is 1.33 bits per heavy atom. The van der Waals surface area contributed by atoms with Crippen LogP contribution in [0.25, 0.3) is 0 Å². The molecule has 0 saturated carbocycles. The number of guanidine groups is 1. The Hall–Kier alpha value is -1.14. The molecule has 1 amide bonds. The van der Waals surface area contributed by atoms with Crippen LogP contribution in [0.15, 0.2) is 10.4 Å². The molecule has 1 aromatic rings. The lowest BCUT2D eigenvalue weighted by Crippen LogP contribution is -2.54. The maximum absolute atomic E-state index is 11.9. The first-order valence-electron chi connectivity index (χ1n) is 8.98. The van der Waals surface area contributed by atoms with Crippen molar-refractivity contribution in [2.45, 2.75) is 26.4 Å². The monoisotopic (exact) mass is 509 g/mol. The minimum atomic E-state index is 0. The van der Waals surface area contributed by atoms with Gasteiger partial charge in [0.2, 0.25) is 5.91 Å². The number of halogens is 1. The quantitative estimate of drug-likeness (QED) is 0.339. The van der Waals surface area contributed by atoms with E-state index in [0.29, 0.717) is 13.1 Å². The van der Waals surface area contributed by atoms with Gasteiger partial charge in [-0.3, -0.25) is 14.7 Å². The molecule has 1 aliphatic rings. The van der Waals surface area contributed by atoms with E-state index in [1.165, 1.54) is 0 Å². The summed E-state index contributed by atoms with van der Waals surface area (Å²) in [6.07, 6.45) is 0. The van der Waals surface area contributed by atoms with Crippen LogP contribution >= 0.6 is 35.3 Å². The third-order valence-electron chi connectivity index (χ3n) is 4.05. The number of aromatic nitrogens is 1. The summed E-state index contributed by atoms with van der Waals surface area (Å²) in [5.74, 6) is 0.979. The van der Waals surface area contributed by atoms with E-state index < -0.39 is 0 Å². The van der Waals surface area contributed by atoms with Crippen molar-refractivity contribution in [3.8, 4) is 0 Å². The number of hydrogen-bond donors (Lipinski definition) is 2. The van der Waals surface area contributed by atoms with Crippen molar-refractivity contribution < 1.29 is 4.79 Å². The number of carbonyl (C=O) groups excluding carboxylic acids is 1. The van der Waals surface area contributed by atoms with Gasteiger partial charge in [0.25, 0.3) is 0 Å². The van der Waals surface area contributed by atoms with Crippen molar-refractivity contribution in [1.29, 1.82) is 0 Å². The van der Waals surface area contributed by atoms with Crippen molar-refractivity contribution >= 4 is 52.3 Å². The topological polar surface area (TPSA) is 76.1 Å². The lowest BCUT2D eigenvalue weighted by atomic mass is 10.3. The number of aliphatic imine (C=N–C) groups is 1. The smallest absolute Gasteiger partial charge is 0.234 e. The fourth-order valence-electron chi connectivity index (χ4n) is 2.77. The first-order valence-corrected chi connectivity index (χ1v) is 9.86. The van der Waals surface area contributed by atoms with Crippen LogP contribution in [-0.2, 0) is 11.3 Å². The van der Waals surface area contributed by atoms with Crippen LogP contribution in [0.5, 0.6) is 0 Å². The molecule has 2 rings (SSSR count). The molecule has 10 heteroatoms. The standard InChI is InChI=1S/C17H31N7OS.HI/c1-13(2)20-15(25)11-23-6-8-24(9-7-23)16(18-3)19-10-14-12-26-17(21-14)22(4)5;/h12-13H,6-11H2,1-5H3,(H,18,19)(H,20,25);1H. The molecule has 154 valence electrons. The Labute approximate surface area is 183 Å². The molecule has 0 radical (unpaired) electrons. The van der Waals surface area contributed by atoms with E-state index in [0.717, 1.165) is 43.0 Å². The number of nitrogens with zero attached hydrogens (tertiary/aromatic N) is 5. The molecule has 0 atom stereocenters. The third-order valence-corrected chi connectivity index (χ3v) is 5.11. The molecule has 2 heterocycles. The zero-order valence-electron chi connectivity index (χ0n) is 16.9. The summed E-state index contributed by atoms with van der Waals surface area (Å²) in [6, 6.07) is 0.186. The summed E-state index contributed by atoms with van der Waals surface area (Å²) in [5.41, 5.74) is 1.02. The average molecular weight is 509 g/mol. The molecule has 1 aromatic heterocycles. The number of carbonyl (C=O) groups is 1. The predicted octanol–water partition coefficient (Wildman–Crippen LogP) is 1.04. The molecule has 0 bridgehead atoms. The third kappa shape index (κ3) is 7.78. The molecule has 0 aromatic carbocycles. The lowest BCUT2D eigenvalue weighted by Gasteiger charge is -2.36. The Morgan fingerprint density at radius 3 is 2.52 bits per heavy atom. The fraction of sp³-hybridized carbons (Fsp3) is 0.706. The van der Waals surface area contributed by atoms with Gasteiger partial charge in [0.05, 0.1) is 18.8 Å². The van der Waals surface area contributed by atoms with Crippen molar-refractivity contribution in [3.05, 3.63) is 11.1 Å². The van der Waals surface area contributed by atoms with Gasteiger partial charge in [0, 0.05) is 58.7 Å². The van der Waals surface area contributed by atoms with Gasteiger partial charge in [-0.1, -0.05) is 0 Å². The number of piperazine rings is 1. The molecule has 0 aliphatic carbocycles. The van der Waals surface area contributed by atoms with Gasteiger partial charge in [0.1, 0.15) is 0 Å². The fourth-order valence-corrected chi connectivity index (χ4v) is 3.53. The van der Waals surface area contributed by atoms with E-state index in [1.807, 2.05) is 32.8 Å². The Balaban J connectivity index is 0.00000364. The summed E-state index contributed by atoms with van der Waals surface area (Å²) in [6.45, 7) is 8.51. The SMILES string of the molecule is CN=C(NCc1csc(N(C)C)n1)N1CCN(CC(=O)NC(C)C)CC1.I. The maximum Gasteiger partial charge on any atom is 0.234 e. The molecule has 8 nitrogen and oxygen atoms in total. The zero-order chi connectivity index (χ0) is 19.1. The molecule has 0 spiro atoms. The second kappa shape index (κ2) is 11.6. The van der Waals surface area contributed by atoms with Gasteiger partial charge < -0.3 is 20.4 Å². The van der Waals surface area contributed by atoms with Gasteiger partial charge in [-0.25, -0.2) is 4.98 Å². The number of rotatable bonds is 6. The van der Waals surface area contributed by atoms with Crippen molar-refractivity contribution in [2.24, 2.45) is 4.99 Å². The predicted molar refractivity (Wildman–Crippen MR) is 123 cm³/mol. The number of anilines is 1. The molecule has 1 saturated heterocycles. The van der Waals surface area contributed by atoms with Crippen molar-refractivity contribution in [1.82, 2.24) is 25.4 Å². The minimum Gasteiger partial charge on any atom is -0.354 e. The summed E-state index contributed by atoms with van der Waals surface area (Å²) in [5, 5.41) is 9.41. The Bertz CT molecular complexity index is 612. The van der Waals surface area contributed by atoms with E-state index in [1.54, 1.807) is 18.4 Å². The van der Waals surface area contributed by atoms with Gasteiger partial charge in [-0.05, 0) is 13.8 Å². The molecular weight excluding hydrogens is 477 g/mol. The van der Waals surface area contributed by atoms with Crippen LogP contribution in [0.4, 0.5) is 5.13 Å². The number of amides is 1. The lowest BCUT2D eigenvalue weighted by molar-refractivity contribution is -0.123. The summed E-state index contributed by atoms with van der Waals surface area (Å²) in [4.78, 5) is 27.3. The molecular formula is C17H32IN7OS. The van der Waals surface area contributed by atoms with E-state index in [2.05, 4.69) is 35.8 Å². The highest BCUT2D eigenvalue weighted by Crippen LogP contribution is 2.17. The van der Waals surface area contributed by atoms with Crippen LogP contribution in [0.1, 0.15) is 19.5 Å². The van der Waals surface area contributed by atoms with Crippen LogP contribution in [0.3, 0.4) is 0 Å². The van der Waals surface area contributed by atoms with Crippen LogP contribution in [0.2, 0.25) is 0 Å². The highest BCUT2D eigenvalue weighted by molar-refractivity contribution is 14.0. The first kappa shape index (κ1) is 23.9. The van der Waals surface area contributed by atoms with Crippen LogP contribution < -0.4 is 15.5 Å². The van der Waals surface area contributed by atoms with Crippen LogP contribution in [-0.4, -0.2) is 86.6 Å². The van der Waals surface area contributed by atoms with Crippen LogP contribution in [0, 0.1) is 0 Å². The minimum absolute atomic E-state index is 0. The second-order valence-corrected chi connectivity index (χ2v) is 7.74. The van der Waals surface area contributed by atoms with E-state index >= 15 is 0 Å². The van der Waals surface area contributed by atoms with E-state index in [-0.39, 0.29) is 35.9 Å².